The maximum Gasteiger partial charge on any atom is 0.125 e. The second kappa shape index (κ2) is 5.84. The fourth-order valence-electron chi connectivity index (χ4n) is 2.44. The Balaban J connectivity index is 2.23. The van der Waals surface area contributed by atoms with Crippen LogP contribution >= 0.6 is 34.8 Å². The van der Waals surface area contributed by atoms with Crippen LogP contribution in [-0.2, 0) is 5.88 Å². The molecular weight excluding hydrogens is 329 g/mol. The standard InChI is InChI=1S/C15H12Cl3N3/c1-9(10-3-2-4-19-8-10)21-14-6-12(18)11(17)5-13(14)20-15(21)7-16/h2-6,8-9H,7H2,1H3. The lowest BCUT2D eigenvalue weighted by atomic mass is 10.1. The number of nitrogens with zero attached hydrogens (tertiary/aromatic N) is 3. The minimum atomic E-state index is 0.0506. The Morgan fingerprint density at radius 2 is 2.00 bits per heavy atom. The van der Waals surface area contributed by atoms with Crippen molar-refractivity contribution in [3.63, 3.8) is 0 Å². The van der Waals surface area contributed by atoms with Crippen molar-refractivity contribution < 1.29 is 0 Å². The number of rotatable bonds is 3. The molecule has 1 unspecified atom stereocenters. The van der Waals surface area contributed by atoms with E-state index in [1.54, 1.807) is 12.3 Å². The highest BCUT2D eigenvalue weighted by Crippen LogP contribution is 2.32. The van der Waals surface area contributed by atoms with Gasteiger partial charge in [0.1, 0.15) is 5.82 Å². The highest BCUT2D eigenvalue weighted by atomic mass is 35.5. The number of aromatic nitrogens is 3. The van der Waals surface area contributed by atoms with E-state index >= 15 is 0 Å². The summed E-state index contributed by atoms with van der Waals surface area (Å²) in [6, 6.07) is 7.58. The lowest BCUT2D eigenvalue weighted by Gasteiger charge is -2.17. The summed E-state index contributed by atoms with van der Waals surface area (Å²) in [6.45, 7) is 2.08. The number of halogens is 3. The Hall–Kier alpha value is -1.29. The number of fused-ring (bicyclic) bond motifs is 1. The second-order valence-corrected chi connectivity index (χ2v) is 5.83. The lowest BCUT2D eigenvalue weighted by molar-refractivity contribution is 0.631. The first-order valence-corrected chi connectivity index (χ1v) is 7.72. The van der Waals surface area contributed by atoms with Crippen LogP contribution < -0.4 is 0 Å². The van der Waals surface area contributed by atoms with E-state index in [-0.39, 0.29) is 6.04 Å². The Kier molecular flexibility index (Phi) is 4.07. The molecule has 2 heterocycles. The van der Waals surface area contributed by atoms with Gasteiger partial charge in [-0.05, 0) is 30.7 Å². The quantitative estimate of drug-likeness (QED) is 0.622. The summed E-state index contributed by atoms with van der Waals surface area (Å²) in [7, 11) is 0. The summed E-state index contributed by atoms with van der Waals surface area (Å²) in [5, 5.41) is 0.994. The van der Waals surface area contributed by atoms with Crippen LogP contribution in [0.2, 0.25) is 10.0 Å². The molecule has 0 fully saturated rings. The maximum atomic E-state index is 6.14. The van der Waals surface area contributed by atoms with E-state index in [9.17, 15) is 0 Å². The maximum absolute atomic E-state index is 6.14. The summed E-state index contributed by atoms with van der Waals surface area (Å²) < 4.78 is 2.07. The first-order chi connectivity index (χ1) is 10.1. The summed E-state index contributed by atoms with van der Waals surface area (Å²) in [5.74, 6) is 1.09. The van der Waals surface area contributed by atoms with Crippen LogP contribution in [-0.4, -0.2) is 14.5 Å². The van der Waals surface area contributed by atoms with Crippen LogP contribution in [0.4, 0.5) is 0 Å². The first-order valence-electron chi connectivity index (χ1n) is 6.43. The van der Waals surface area contributed by atoms with Crippen molar-refractivity contribution >= 4 is 45.8 Å². The Morgan fingerprint density at radius 1 is 1.24 bits per heavy atom. The summed E-state index contributed by atoms with van der Waals surface area (Å²) >= 11 is 18.3. The highest BCUT2D eigenvalue weighted by Gasteiger charge is 2.18. The molecule has 0 bridgehead atoms. The molecule has 0 aliphatic carbocycles. The molecule has 0 amide bonds. The smallest absolute Gasteiger partial charge is 0.125 e. The van der Waals surface area contributed by atoms with Crippen LogP contribution in [0.15, 0.2) is 36.7 Å². The predicted octanol–water partition coefficient (Wildman–Crippen LogP) is 5.09. The van der Waals surface area contributed by atoms with Crippen molar-refractivity contribution in [2.75, 3.05) is 0 Å². The third kappa shape index (κ3) is 2.61. The fourth-order valence-corrected chi connectivity index (χ4v) is 2.94. The first kappa shape index (κ1) is 14.6. The average Bonchev–Trinajstić information content (AvgIpc) is 2.85. The summed E-state index contributed by atoms with van der Waals surface area (Å²) in [4.78, 5) is 8.72. The molecule has 0 saturated carbocycles. The van der Waals surface area contributed by atoms with E-state index in [4.69, 9.17) is 34.8 Å². The third-order valence-electron chi connectivity index (χ3n) is 3.48. The minimum Gasteiger partial charge on any atom is -0.320 e. The van der Waals surface area contributed by atoms with E-state index in [2.05, 4.69) is 21.5 Å². The highest BCUT2D eigenvalue weighted by molar-refractivity contribution is 6.42. The molecule has 0 N–H and O–H groups in total. The third-order valence-corrected chi connectivity index (χ3v) is 4.44. The van der Waals surface area contributed by atoms with E-state index in [0.29, 0.717) is 15.9 Å². The number of hydrogen-bond donors (Lipinski definition) is 0. The summed E-state index contributed by atoms with van der Waals surface area (Å²) in [6.07, 6.45) is 3.59. The van der Waals surface area contributed by atoms with Gasteiger partial charge in [-0.2, -0.15) is 0 Å². The van der Waals surface area contributed by atoms with Crippen molar-refractivity contribution in [3.8, 4) is 0 Å². The zero-order chi connectivity index (χ0) is 15.0. The molecule has 108 valence electrons. The molecule has 1 aromatic carbocycles. The van der Waals surface area contributed by atoms with E-state index in [1.807, 2.05) is 24.4 Å². The van der Waals surface area contributed by atoms with Gasteiger partial charge in [0.2, 0.25) is 0 Å². The molecule has 0 aliphatic rings. The summed E-state index contributed by atoms with van der Waals surface area (Å²) in [5.41, 5.74) is 2.78. The van der Waals surface area contributed by atoms with Crippen molar-refractivity contribution in [3.05, 3.63) is 58.1 Å². The van der Waals surface area contributed by atoms with Gasteiger partial charge in [0.25, 0.3) is 0 Å². The number of hydrogen-bond acceptors (Lipinski definition) is 2. The Labute approximate surface area is 137 Å². The normalized spacial score (nSPS) is 12.8. The molecular formula is C15H12Cl3N3. The van der Waals surface area contributed by atoms with Crippen LogP contribution in [0.3, 0.4) is 0 Å². The molecule has 6 heteroatoms. The lowest BCUT2D eigenvalue weighted by Crippen LogP contribution is -2.10. The largest absolute Gasteiger partial charge is 0.320 e. The number of pyridine rings is 1. The fraction of sp³-hybridized carbons (Fsp3) is 0.200. The van der Waals surface area contributed by atoms with Crippen molar-refractivity contribution in [2.45, 2.75) is 18.8 Å². The van der Waals surface area contributed by atoms with E-state index in [0.717, 1.165) is 22.4 Å². The average molecular weight is 341 g/mol. The predicted molar refractivity (Wildman–Crippen MR) is 87.4 cm³/mol. The number of benzene rings is 1. The van der Waals surface area contributed by atoms with Crippen LogP contribution in [0.5, 0.6) is 0 Å². The van der Waals surface area contributed by atoms with Gasteiger partial charge in [0.05, 0.1) is 33.0 Å². The van der Waals surface area contributed by atoms with Gasteiger partial charge in [-0.25, -0.2) is 4.98 Å². The number of alkyl halides is 1. The van der Waals surface area contributed by atoms with Gasteiger partial charge >= 0.3 is 0 Å². The molecule has 0 saturated heterocycles. The molecule has 0 spiro atoms. The van der Waals surface area contributed by atoms with Crippen molar-refractivity contribution in [2.24, 2.45) is 0 Å². The second-order valence-electron chi connectivity index (χ2n) is 4.75. The van der Waals surface area contributed by atoms with Crippen LogP contribution in [0.25, 0.3) is 11.0 Å². The number of imidazole rings is 1. The minimum absolute atomic E-state index is 0.0506. The zero-order valence-corrected chi connectivity index (χ0v) is 13.5. The molecule has 0 radical (unpaired) electrons. The molecule has 3 nitrogen and oxygen atoms in total. The Bertz CT molecular complexity index is 784. The molecule has 3 rings (SSSR count). The van der Waals surface area contributed by atoms with Crippen molar-refractivity contribution in [1.82, 2.24) is 14.5 Å². The Morgan fingerprint density at radius 3 is 2.67 bits per heavy atom. The van der Waals surface area contributed by atoms with Gasteiger partial charge in [0, 0.05) is 12.4 Å². The zero-order valence-electron chi connectivity index (χ0n) is 11.2. The van der Waals surface area contributed by atoms with Crippen molar-refractivity contribution in [1.29, 1.82) is 0 Å². The molecule has 0 aliphatic heterocycles. The topological polar surface area (TPSA) is 30.7 Å². The molecule has 21 heavy (non-hydrogen) atoms. The van der Waals surface area contributed by atoms with Crippen LogP contribution in [0.1, 0.15) is 24.4 Å². The van der Waals surface area contributed by atoms with Gasteiger partial charge in [-0.3, -0.25) is 4.98 Å². The SMILES string of the molecule is CC(c1cccnc1)n1c(CCl)nc2cc(Cl)c(Cl)cc21. The van der Waals surface area contributed by atoms with Gasteiger partial charge in [0.15, 0.2) is 0 Å². The monoisotopic (exact) mass is 339 g/mol. The van der Waals surface area contributed by atoms with E-state index < -0.39 is 0 Å². The molecule has 3 aromatic rings. The van der Waals surface area contributed by atoms with Gasteiger partial charge in [-0.15, -0.1) is 11.6 Å². The van der Waals surface area contributed by atoms with E-state index in [1.165, 1.54) is 0 Å². The molecule has 1 atom stereocenters. The molecule has 2 aromatic heterocycles. The van der Waals surface area contributed by atoms with Gasteiger partial charge in [-0.1, -0.05) is 29.3 Å². The van der Waals surface area contributed by atoms with Gasteiger partial charge < -0.3 is 4.57 Å². The van der Waals surface area contributed by atoms with Crippen LogP contribution in [0, 0.1) is 0 Å².